The Bertz CT molecular complexity index is 598. The van der Waals surface area contributed by atoms with Crippen molar-refractivity contribution < 1.29 is 23.9 Å². The van der Waals surface area contributed by atoms with Crippen LogP contribution in [0.15, 0.2) is 60.7 Å². The molecule has 0 spiro atoms. The van der Waals surface area contributed by atoms with Gasteiger partial charge >= 0.3 is 143 Å². The van der Waals surface area contributed by atoms with E-state index in [1.165, 1.54) is 17.0 Å². The molecular weight excluding hydrogens is 509 g/mol. The Balaban J connectivity index is 0.000000791. The van der Waals surface area contributed by atoms with Gasteiger partial charge in [-0.15, -0.1) is 0 Å². The van der Waals surface area contributed by atoms with Gasteiger partial charge in [0.15, 0.2) is 0 Å². The van der Waals surface area contributed by atoms with Crippen molar-refractivity contribution in [1.29, 1.82) is 0 Å². The normalized spacial score (nSPS) is 17.3. The van der Waals surface area contributed by atoms with Gasteiger partial charge in [-0.2, -0.15) is 0 Å². The second kappa shape index (κ2) is 12.8. The third-order valence-corrected chi connectivity index (χ3v) is 13.7. The van der Waals surface area contributed by atoms with Crippen LogP contribution in [0.1, 0.15) is 40.5 Å². The van der Waals surface area contributed by atoms with Gasteiger partial charge in [-0.3, -0.25) is 0 Å². The third-order valence-electron chi connectivity index (χ3n) is 4.35. The summed E-state index contributed by atoms with van der Waals surface area (Å²) in [5.74, 6) is 0. The fourth-order valence-corrected chi connectivity index (χ4v) is 10.2. The Morgan fingerprint density at radius 3 is 1.81 bits per heavy atom. The molecule has 0 saturated carbocycles. The number of nitrogens with one attached hydrogen (secondary N) is 1. The predicted octanol–water partition coefficient (Wildman–Crippen LogP) is 4.28. The zero-order chi connectivity index (χ0) is 19.4. The van der Waals surface area contributed by atoms with Crippen LogP contribution in [0.4, 0.5) is 0 Å². The van der Waals surface area contributed by atoms with Crippen molar-refractivity contribution in [2.75, 3.05) is 12.7 Å². The number of aliphatic hydroxyl groups excluding tert-OH is 1. The van der Waals surface area contributed by atoms with E-state index in [2.05, 4.69) is 66.0 Å². The molecule has 144 valence electrons. The zero-order valence-electron chi connectivity index (χ0n) is 16.6. The average Bonchev–Trinajstić information content (AvgIpc) is 3.27. The molecule has 2 nitrogen and oxygen atoms in total. The van der Waals surface area contributed by atoms with Crippen molar-refractivity contribution in [2.24, 2.45) is 0 Å². The standard InChI is InChI=1S/C18H22NOP.2C2H6.W/c20-18(17-12-7-13-19-17)14-21(15-8-3-1-4-9-15)16-10-5-2-6-11-16;2*1-2;/h1-6,8-11,17-20H,7,12-14H2;2*1-2H3;/t17-,18+;;;/m1.../s1. The van der Waals surface area contributed by atoms with E-state index in [1.807, 2.05) is 27.7 Å². The monoisotopic (exact) mass is 543 g/mol. The fraction of sp³-hybridized carbons (Fsp3) is 0.455. The van der Waals surface area contributed by atoms with Crippen molar-refractivity contribution in [3.63, 3.8) is 0 Å². The summed E-state index contributed by atoms with van der Waals surface area (Å²) >= 11 is 1.59. The first kappa shape index (κ1) is 23.5. The number of aliphatic hydroxyl groups is 1. The molecule has 2 N–H and O–H groups in total. The number of benzene rings is 2. The molecule has 1 aliphatic heterocycles. The number of hydrogen-bond acceptors (Lipinski definition) is 2. The molecule has 1 aliphatic rings. The van der Waals surface area contributed by atoms with Crippen LogP contribution in [0, 0.1) is 0 Å². The quantitative estimate of drug-likeness (QED) is 0.553. The fourth-order valence-electron chi connectivity index (χ4n) is 3.13. The van der Waals surface area contributed by atoms with Gasteiger partial charge in [-0.05, 0) is 0 Å². The third kappa shape index (κ3) is 6.28. The molecule has 0 unspecified atom stereocenters. The molecule has 0 aromatic heterocycles. The van der Waals surface area contributed by atoms with E-state index in [4.69, 9.17) is 0 Å². The van der Waals surface area contributed by atoms with Crippen molar-refractivity contribution in [2.45, 2.75) is 52.7 Å². The van der Waals surface area contributed by atoms with Crippen molar-refractivity contribution in [3.05, 3.63) is 60.7 Å². The summed E-state index contributed by atoms with van der Waals surface area (Å²) in [4.78, 5) is -1.49. The molecule has 0 bridgehead atoms. The van der Waals surface area contributed by atoms with E-state index >= 15 is 0 Å². The average molecular weight is 543 g/mol. The van der Waals surface area contributed by atoms with Gasteiger partial charge in [0.1, 0.15) is 0 Å². The van der Waals surface area contributed by atoms with E-state index in [0.717, 1.165) is 19.1 Å². The Kier molecular flexibility index (Phi) is 11.6. The van der Waals surface area contributed by atoms with Crippen LogP contribution >= 0.6 is 4.90 Å². The molecule has 1 fully saturated rings. The van der Waals surface area contributed by atoms with Crippen molar-refractivity contribution in [3.8, 4) is 0 Å². The first-order chi connectivity index (χ1) is 12.7. The number of rotatable bonds is 5. The molecule has 2 aromatic rings. The molecule has 3 rings (SSSR count). The van der Waals surface area contributed by atoms with Gasteiger partial charge in [-0.25, -0.2) is 0 Å². The molecule has 26 heavy (non-hydrogen) atoms. The molecule has 4 heteroatoms. The van der Waals surface area contributed by atoms with Crippen molar-refractivity contribution in [1.82, 2.24) is 5.32 Å². The number of hydrogen-bond donors (Lipinski definition) is 2. The van der Waals surface area contributed by atoms with Crippen LogP contribution in [-0.2, 0) is 18.8 Å². The second-order valence-corrected chi connectivity index (χ2v) is 15.5. The molecule has 2 atom stereocenters. The molecule has 1 heterocycles. The molecule has 0 radical (unpaired) electrons. The van der Waals surface area contributed by atoms with Crippen LogP contribution in [0.25, 0.3) is 0 Å². The summed E-state index contributed by atoms with van der Waals surface area (Å²) in [6.45, 7) is 9.04. The Hall–Kier alpha value is -0.522. The van der Waals surface area contributed by atoms with Gasteiger partial charge in [0.25, 0.3) is 0 Å². The van der Waals surface area contributed by atoms with E-state index in [0.29, 0.717) is 0 Å². The first-order valence-corrected chi connectivity index (χ1v) is 15.6. The summed E-state index contributed by atoms with van der Waals surface area (Å²) in [5, 5.41) is 17.1. The van der Waals surface area contributed by atoms with E-state index in [9.17, 15) is 5.11 Å². The summed E-state index contributed by atoms with van der Waals surface area (Å²) < 4.78 is 0. The van der Waals surface area contributed by atoms with Crippen LogP contribution in [0.2, 0.25) is 0 Å². The summed E-state index contributed by atoms with van der Waals surface area (Å²) in [6.07, 6.45) is 2.91. The first-order valence-electron chi connectivity index (χ1n) is 9.82. The SMILES string of the molecule is CC.CC.O[C@@H](C[P](=[W])(c1ccccc1)c1ccccc1)[C@H]1CCCN1. The minimum absolute atomic E-state index is 0.256. The molecule has 0 amide bonds. The molecule has 0 aliphatic carbocycles. The van der Waals surface area contributed by atoms with Gasteiger partial charge in [0, 0.05) is 0 Å². The predicted molar refractivity (Wildman–Crippen MR) is 114 cm³/mol. The second-order valence-electron chi connectivity index (χ2n) is 5.86. The van der Waals surface area contributed by atoms with E-state index < -0.39 is 4.90 Å². The van der Waals surface area contributed by atoms with E-state index in [-0.39, 0.29) is 12.1 Å². The molecule has 1 saturated heterocycles. The Morgan fingerprint density at radius 1 is 0.962 bits per heavy atom. The van der Waals surface area contributed by atoms with Gasteiger partial charge < -0.3 is 0 Å². The summed E-state index contributed by atoms with van der Waals surface area (Å²) in [5.41, 5.74) is 0. The Labute approximate surface area is 170 Å². The van der Waals surface area contributed by atoms with Crippen LogP contribution in [-0.4, -0.2) is 30.0 Å². The molecule has 2 aromatic carbocycles. The van der Waals surface area contributed by atoms with Gasteiger partial charge in [-0.1, -0.05) is 27.7 Å². The Morgan fingerprint density at radius 2 is 1.42 bits per heavy atom. The maximum absolute atomic E-state index is 10.8. The summed E-state index contributed by atoms with van der Waals surface area (Å²) in [7, 11) is 0. The van der Waals surface area contributed by atoms with Gasteiger partial charge in [0.2, 0.25) is 0 Å². The van der Waals surface area contributed by atoms with Crippen molar-refractivity contribution >= 4 is 15.5 Å². The zero-order valence-corrected chi connectivity index (χ0v) is 20.4. The maximum atomic E-state index is 10.8. The topological polar surface area (TPSA) is 32.3 Å². The van der Waals surface area contributed by atoms with Crippen LogP contribution < -0.4 is 15.9 Å². The van der Waals surface area contributed by atoms with Crippen LogP contribution in [0.5, 0.6) is 0 Å². The van der Waals surface area contributed by atoms with Gasteiger partial charge in [0.05, 0.1) is 0 Å². The summed E-state index contributed by atoms with van der Waals surface area (Å²) in [6, 6.07) is 21.9. The molecular formula is C22H34NOPW. The van der Waals surface area contributed by atoms with E-state index in [1.54, 1.807) is 18.8 Å². The van der Waals surface area contributed by atoms with Crippen LogP contribution in [0.3, 0.4) is 0 Å². The minimum atomic E-state index is -1.49.